The highest BCUT2D eigenvalue weighted by atomic mass is 19.1. The van der Waals surface area contributed by atoms with Crippen LogP contribution in [0.15, 0.2) is 47.4 Å². The predicted octanol–water partition coefficient (Wildman–Crippen LogP) is 3.35. The van der Waals surface area contributed by atoms with Crippen LogP contribution in [-0.4, -0.2) is 44.6 Å². The Morgan fingerprint density at radius 3 is 2.73 bits per heavy atom. The van der Waals surface area contributed by atoms with Crippen molar-refractivity contribution in [2.45, 2.75) is 26.6 Å². The van der Waals surface area contributed by atoms with Crippen molar-refractivity contribution in [3.05, 3.63) is 64.3 Å². The first-order valence-electron chi connectivity index (χ1n) is 10.4. The number of fused-ring (bicyclic) bond motifs is 1. The molecule has 10 heteroatoms. The van der Waals surface area contributed by atoms with Gasteiger partial charge in [0, 0.05) is 30.9 Å². The van der Waals surface area contributed by atoms with Gasteiger partial charge in [-0.2, -0.15) is 0 Å². The number of nitrogens with zero attached hydrogens (tertiary/aromatic N) is 5. The molecule has 170 valence electrons. The first-order chi connectivity index (χ1) is 16.0. The Kier molecular flexibility index (Phi) is 6.16. The number of pyridine rings is 1. The molecular formula is C23H23FN6O3. The number of aromatic nitrogens is 5. The average Bonchev–Trinajstić information content (AvgIpc) is 3.29. The molecule has 0 atom stereocenters. The van der Waals surface area contributed by atoms with Gasteiger partial charge in [0.15, 0.2) is 11.2 Å². The van der Waals surface area contributed by atoms with Gasteiger partial charge in [-0.05, 0) is 36.8 Å². The summed E-state index contributed by atoms with van der Waals surface area (Å²) in [5.41, 5.74) is 1.08. The highest BCUT2D eigenvalue weighted by Crippen LogP contribution is 2.22. The summed E-state index contributed by atoms with van der Waals surface area (Å²) in [5.74, 6) is 1.22. The van der Waals surface area contributed by atoms with Crippen LogP contribution in [0.4, 0.5) is 10.2 Å². The Bertz CT molecular complexity index is 1360. The number of imidazole rings is 1. The fourth-order valence-electron chi connectivity index (χ4n) is 3.50. The van der Waals surface area contributed by atoms with Crippen molar-refractivity contribution in [3.8, 4) is 17.1 Å². The third-order valence-corrected chi connectivity index (χ3v) is 5.24. The Labute approximate surface area is 188 Å². The van der Waals surface area contributed by atoms with Gasteiger partial charge in [0.2, 0.25) is 0 Å². The Hall–Kier alpha value is -4.08. The van der Waals surface area contributed by atoms with Crippen LogP contribution in [0.3, 0.4) is 0 Å². The summed E-state index contributed by atoms with van der Waals surface area (Å²) in [4.78, 5) is 42.9. The molecule has 1 N–H and O–H groups in total. The second-order valence-electron chi connectivity index (χ2n) is 7.40. The van der Waals surface area contributed by atoms with Gasteiger partial charge in [0.05, 0.1) is 7.11 Å². The third-order valence-electron chi connectivity index (χ3n) is 5.24. The van der Waals surface area contributed by atoms with E-state index < -0.39 is 6.67 Å². The number of alkyl halides is 1. The summed E-state index contributed by atoms with van der Waals surface area (Å²) in [7, 11) is 3.17. The van der Waals surface area contributed by atoms with E-state index in [1.165, 1.54) is 9.47 Å². The van der Waals surface area contributed by atoms with Gasteiger partial charge in [0.1, 0.15) is 29.9 Å². The van der Waals surface area contributed by atoms with Gasteiger partial charge in [-0.15, -0.1) is 0 Å². The SMILES string of the molecule is CCCn1c(CF)nc2nc(-c3ccc(N(C)C(=O)c4cccc(OC)c4)nc3)[nH]c2c1=O. The molecule has 0 aliphatic rings. The monoisotopic (exact) mass is 450 g/mol. The smallest absolute Gasteiger partial charge is 0.279 e. The molecule has 0 saturated carbocycles. The molecule has 0 unspecified atom stereocenters. The second-order valence-corrected chi connectivity index (χ2v) is 7.40. The number of nitrogens with one attached hydrogen (secondary N) is 1. The fourth-order valence-corrected chi connectivity index (χ4v) is 3.50. The largest absolute Gasteiger partial charge is 0.497 e. The van der Waals surface area contributed by atoms with Crippen molar-refractivity contribution in [1.29, 1.82) is 0 Å². The first kappa shape index (κ1) is 22.1. The number of methoxy groups -OCH3 is 1. The van der Waals surface area contributed by atoms with E-state index in [1.54, 1.807) is 56.8 Å². The molecule has 1 amide bonds. The number of hydrogen-bond acceptors (Lipinski definition) is 6. The molecule has 0 bridgehead atoms. The van der Waals surface area contributed by atoms with Gasteiger partial charge < -0.3 is 9.72 Å². The molecule has 1 aromatic carbocycles. The van der Waals surface area contributed by atoms with Crippen LogP contribution >= 0.6 is 0 Å². The molecule has 9 nitrogen and oxygen atoms in total. The number of halogens is 1. The number of ether oxygens (including phenoxy) is 1. The van der Waals surface area contributed by atoms with Gasteiger partial charge >= 0.3 is 0 Å². The van der Waals surface area contributed by atoms with E-state index in [4.69, 9.17) is 4.74 Å². The van der Waals surface area contributed by atoms with E-state index in [2.05, 4.69) is 19.9 Å². The molecular weight excluding hydrogens is 427 g/mol. The Morgan fingerprint density at radius 1 is 1.24 bits per heavy atom. The van der Waals surface area contributed by atoms with E-state index in [9.17, 15) is 14.0 Å². The standard InChI is InChI=1S/C23H23FN6O3/c1-4-10-30-18(12-24)26-21-19(23(30)32)27-20(28-21)15-8-9-17(25-13-15)29(2)22(31)14-6-5-7-16(11-14)33-3/h5-9,11,13H,4,10,12H2,1-3H3,(H,27,28). The lowest BCUT2D eigenvalue weighted by Crippen LogP contribution is -2.27. The summed E-state index contributed by atoms with van der Waals surface area (Å²) in [6.07, 6.45) is 2.22. The highest BCUT2D eigenvalue weighted by molar-refractivity contribution is 6.05. The first-order valence-corrected chi connectivity index (χ1v) is 10.4. The zero-order chi connectivity index (χ0) is 23.5. The van der Waals surface area contributed by atoms with Crippen LogP contribution in [0.1, 0.15) is 29.5 Å². The lowest BCUT2D eigenvalue weighted by atomic mass is 10.2. The van der Waals surface area contributed by atoms with Crippen LogP contribution in [0, 0.1) is 0 Å². The molecule has 0 spiro atoms. The van der Waals surface area contributed by atoms with Gasteiger partial charge in [-0.1, -0.05) is 13.0 Å². The molecule has 3 aromatic heterocycles. The molecule has 0 aliphatic carbocycles. The fraction of sp³-hybridized carbons (Fsp3) is 0.261. The maximum atomic E-state index is 13.4. The number of anilines is 1. The molecule has 33 heavy (non-hydrogen) atoms. The Morgan fingerprint density at radius 2 is 2.06 bits per heavy atom. The maximum Gasteiger partial charge on any atom is 0.279 e. The number of carbonyl (C=O) groups is 1. The number of amides is 1. The average molecular weight is 450 g/mol. The van der Waals surface area contributed by atoms with Crippen molar-refractivity contribution in [2.75, 3.05) is 19.1 Å². The van der Waals surface area contributed by atoms with Crippen LogP contribution in [0.2, 0.25) is 0 Å². The minimum atomic E-state index is -0.850. The molecule has 4 aromatic rings. The summed E-state index contributed by atoms with van der Waals surface area (Å²) in [5, 5.41) is 0. The van der Waals surface area contributed by atoms with Crippen LogP contribution in [0.25, 0.3) is 22.6 Å². The van der Waals surface area contributed by atoms with Crippen molar-refractivity contribution in [3.63, 3.8) is 0 Å². The lowest BCUT2D eigenvalue weighted by molar-refractivity contribution is 0.0992. The summed E-state index contributed by atoms with van der Waals surface area (Å²) in [6, 6.07) is 10.3. The summed E-state index contributed by atoms with van der Waals surface area (Å²) in [6.45, 7) is 1.43. The Balaban J connectivity index is 1.63. The molecule has 0 fully saturated rings. The lowest BCUT2D eigenvalue weighted by Gasteiger charge is -2.16. The van der Waals surface area contributed by atoms with Gasteiger partial charge in [0.25, 0.3) is 11.5 Å². The van der Waals surface area contributed by atoms with Crippen molar-refractivity contribution < 1.29 is 13.9 Å². The van der Waals surface area contributed by atoms with E-state index in [0.29, 0.717) is 41.5 Å². The van der Waals surface area contributed by atoms with E-state index in [1.807, 2.05) is 6.92 Å². The minimum absolute atomic E-state index is 0.0542. The normalized spacial score (nSPS) is 11.0. The number of carbonyl (C=O) groups excluding carboxylic acids is 1. The van der Waals surface area contributed by atoms with Gasteiger partial charge in [-0.25, -0.2) is 19.3 Å². The van der Waals surface area contributed by atoms with E-state index >= 15 is 0 Å². The highest BCUT2D eigenvalue weighted by Gasteiger charge is 2.18. The molecule has 4 rings (SSSR count). The third kappa shape index (κ3) is 4.19. The van der Waals surface area contributed by atoms with Crippen molar-refractivity contribution >= 4 is 22.9 Å². The van der Waals surface area contributed by atoms with Gasteiger partial charge in [-0.3, -0.25) is 19.1 Å². The summed E-state index contributed by atoms with van der Waals surface area (Å²) < 4.78 is 19.9. The van der Waals surface area contributed by atoms with Crippen LogP contribution < -0.4 is 15.2 Å². The maximum absolute atomic E-state index is 13.4. The van der Waals surface area contributed by atoms with Crippen LogP contribution in [0.5, 0.6) is 5.75 Å². The molecule has 3 heterocycles. The van der Waals surface area contributed by atoms with Crippen LogP contribution in [-0.2, 0) is 13.2 Å². The molecule has 0 aliphatic heterocycles. The van der Waals surface area contributed by atoms with E-state index in [-0.39, 0.29) is 28.5 Å². The van der Waals surface area contributed by atoms with Crippen molar-refractivity contribution in [2.24, 2.45) is 0 Å². The second kappa shape index (κ2) is 9.19. The number of benzene rings is 1. The van der Waals surface area contributed by atoms with Crippen molar-refractivity contribution in [1.82, 2.24) is 24.5 Å². The number of hydrogen-bond donors (Lipinski definition) is 1. The molecule has 0 saturated heterocycles. The minimum Gasteiger partial charge on any atom is -0.497 e. The quantitative estimate of drug-likeness (QED) is 0.463. The van der Waals surface area contributed by atoms with E-state index in [0.717, 1.165) is 0 Å². The number of aromatic amines is 1. The summed E-state index contributed by atoms with van der Waals surface area (Å²) >= 11 is 0. The number of H-pyrrole nitrogens is 1. The zero-order valence-electron chi connectivity index (χ0n) is 18.5. The predicted molar refractivity (Wildman–Crippen MR) is 122 cm³/mol. The zero-order valence-corrected chi connectivity index (χ0v) is 18.5. The topological polar surface area (TPSA) is 106 Å². The molecule has 0 radical (unpaired) electrons. The number of rotatable bonds is 7.